The zero-order valence-electron chi connectivity index (χ0n) is 14.1. The Morgan fingerprint density at radius 1 is 1.12 bits per heavy atom. The summed E-state index contributed by atoms with van der Waals surface area (Å²) in [6.07, 6.45) is 0. The van der Waals surface area contributed by atoms with Crippen molar-refractivity contribution in [3.8, 4) is 5.69 Å². The van der Waals surface area contributed by atoms with Gasteiger partial charge in [-0.1, -0.05) is 29.8 Å². The van der Waals surface area contributed by atoms with E-state index in [1.807, 2.05) is 0 Å². The maximum absolute atomic E-state index is 6.43. The minimum absolute atomic E-state index is 0.753. The number of benzene rings is 2. The number of halogens is 2. The van der Waals surface area contributed by atoms with Gasteiger partial charge >= 0.3 is 0 Å². The summed E-state index contributed by atoms with van der Waals surface area (Å²) in [6, 6.07) is 14.8. The standard InChI is InChI=1S/C20H20BrClN2S/c1-14-17(13-23-7-9-25-10-8-23)16-11-18(21)19(22)12-20(16)24(14)15-5-3-2-4-6-15/h2-6,11-12H,7-10,13H2,1H3. The summed E-state index contributed by atoms with van der Waals surface area (Å²) in [7, 11) is 0. The Morgan fingerprint density at radius 3 is 2.56 bits per heavy atom. The molecule has 0 aliphatic carbocycles. The van der Waals surface area contributed by atoms with Crippen LogP contribution >= 0.6 is 39.3 Å². The lowest BCUT2D eigenvalue weighted by molar-refractivity contribution is 0.295. The van der Waals surface area contributed by atoms with Crippen molar-refractivity contribution in [2.75, 3.05) is 24.6 Å². The van der Waals surface area contributed by atoms with Gasteiger partial charge in [-0.15, -0.1) is 0 Å². The zero-order valence-corrected chi connectivity index (χ0v) is 17.3. The average molecular weight is 436 g/mol. The first kappa shape index (κ1) is 17.5. The minimum Gasteiger partial charge on any atom is -0.313 e. The zero-order chi connectivity index (χ0) is 17.4. The molecule has 5 heteroatoms. The van der Waals surface area contributed by atoms with Gasteiger partial charge in [-0.25, -0.2) is 0 Å². The normalized spacial score (nSPS) is 15.8. The quantitative estimate of drug-likeness (QED) is 0.506. The van der Waals surface area contributed by atoms with Gasteiger partial charge in [-0.2, -0.15) is 11.8 Å². The van der Waals surface area contributed by atoms with Crippen LogP contribution in [-0.4, -0.2) is 34.1 Å². The Balaban J connectivity index is 1.89. The molecular weight excluding hydrogens is 416 g/mol. The number of fused-ring (bicyclic) bond motifs is 1. The summed E-state index contributed by atoms with van der Waals surface area (Å²) in [5.41, 5.74) is 5.07. The number of thioether (sulfide) groups is 1. The Bertz CT molecular complexity index is 901. The maximum atomic E-state index is 6.43. The molecule has 0 radical (unpaired) electrons. The van der Waals surface area contributed by atoms with Crippen LogP contribution in [0.4, 0.5) is 0 Å². The van der Waals surface area contributed by atoms with E-state index in [-0.39, 0.29) is 0 Å². The van der Waals surface area contributed by atoms with Crippen molar-refractivity contribution in [3.05, 3.63) is 63.2 Å². The fourth-order valence-electron chi connectivity index (χ4n) is 3.57. The highest BCUT2D eigenvalue weighted by Gasteiger charge is 2.20. The Hall–Kier alpha value is -0.940. The van der Waals surface area contributed by atoms with Crippen LogP contribution in [0.1, 0.15) is 11.3 Å². The first-order chi connectivity index (χ1) is 12.1. The molecule has 130 valence electrons. The molecule has 1 aliphatic rings. The first-order valence-corrected chi connectivity index (χ1v) is 10.8. The fourth-order valence-corrected chi connectivity index (χ4v) is 5.05. The molecule has 0 unspecified atom stereocenters. The third-order valence-corrected chi connectivity index (χ3v) is 7.02. The molecule has 3 aromatic rings. The molecule has 1 saturated heterocycles. The van der Waals surface area contributed by atoms with Crippen LogP contribution in [0.3, 0.4) is 0 Å². The lowest BCUT2D eigenvalue weighted by Crippen LogP contribution is -2.32. The second-order valence-electron chi connectivity index (χ2n) is 6.41. The van der Waals surface area contributed by atoms with Crippen LogP contribution in [0.5, 0.6) is 0 Å². The van der Waals surface area contributed by atoms with Crippen LogP contribution in [0, 0.1) is 6.92 Å². The van der Waals surface area contributed by atoms with Crippen molar-refractivity contribution < 1.29 is 0 Å². The molecule has 0 amide bonds. The molecule has 4 rings (SSSR count). The molecule has 1 fully saturated rings. The van der Waals surface area contributed by atoms with E-state index >= 15 is 0 Å². The van der Waals surface area contributed by atoms with E-state index in [0.717, 1.165) is 29.1 Å². The molecule has 0 bridgehead atoms. The molecule has 0 saturated carbocycles. The minimum atomic E-state index is 0.753. The third-order valence-electron chi connectivity index (χ3n) is 4.88. The summed E-state index contributed by atoms with van der Waals surface area (Å²) in [5.74, 6) is 2.46. The topological polar surface area (TPSA) is 8.17 Å². The van der Waals surface area contributed by atoms with Gasteiger partial charge in [0.15, 0.2) is 0 Å². The smallest absolute Gasteiger partial charge is 0.0569 e. The van der Waals surface area contributed by atoms with Crippen LogP contribution < -0.4 is 0 Å². The molecule has 0 spiro atoms. The van der Waals surface area contributed by atoms with Gasteiger partial charge in [-0.3, -0.25) is 4.90 Å². The molecule has 0 atom stereocenters. The predicted octanol–water partition coefficient (Wildman–Crippen LogP) is 5.90. The molecule has 1 aliphatic heterocycles. The largest absolute Gasteiger partial charge is 0.313 e. The van der Waals surface area contributed by atoms with E-state index in [1.54, 1.807) is 0 Å². The van der Waals surface area contributed by atoms with Gasteiger partial charge in [0.05, 0.1) is 10.5 Å². The van der Waals surface area contributed by atoms with Crippen molar-refractivity contribution in [2.24, 2.45) is 0 Å². The van der Waals surface area contributed by atoms with E-state index in [2.05, 4.69) is 86.5 Å². The Morgan fingerprint density at radius 2 is 1.84 bits per heavy atom. The Labute approximate surface area is 166 Å². The molecule has 0 N–H and O–H groups in total. The van der Waals surface area contributed by atoms with Gasteiger partial charge in [0.1, 0.15) is 0 Å². The summed E-state index contributed by atoms with van der Waals surface area (Å²) < 4.78 is 3.30. The lowest BCUT2D eigenvalue weighted by Gasteiger charge is -2.26. The Kier molecular flexibility index (Phi) is 5.14. The number of hydrogen-bond acceptors (Lipinski definition) is 2. The van der Waals surface area contributed by atoms with Crippen molar-refractivity contribution in [3.63, 3.8) is 0 Å². The highest BCUT2D eigenvalue weighted by molar-refractivity contribution is 9.10. The van der Waals surface area contributed by atoms with Gasteiger partial charge in [-0.05, 0) is 52.7 Å². The highest BCUT2D eigenvalue weighted by Crippen LogP contribution is 2.36. The highest BCUT2D eigenvalue weighted by atomic mass is 79.9. The summed E-state index contributed by atoms with van der Waals surface area (Å²) in [6.45, 7) is 5.55. The fraction of sp³-hybridized carbons (Fsp3) is 0.300. The van der Waals surface area contributed by atoms with Crippen LogP contribution in [0.15, 0.2) is 46.9 Å². The molecule has 2 nitrogen and oxygen atoms in total. The third kappa shape index (κ3) is 3.37. The molecule has 1 aromatic heterocycles. The molecular formula is C20H20BrClN2S. The van der Waals surface area contributed by atoms with E-state index in [1.165, 1.54) is 39.4 Å². The van der Waals surface area contributed by atoms with Crippen LogP contribution in [0.2, 0.25) is 5.02 Å². The number of rotatable bonds is 3. The van der Waals surface area contributed by atoms with Crippen molar-refractivity contribution in [1.82, 2.24) is 9.47 Å². The van der Waals surface area contributed by atoms with Crippen molar-refractivity contribution >= 4 is 50.2 Å². The maximum Gasteiger partial charge on any atom is 0.0569 e. The molecule has 2 heterocycles. The first-order valence-electron chi connectivity index (χ1n) is 8.49. The van der Waals surface area contributed by atoms with Gasteiger partial charge in [0.25, 0.3) is 0 Å². The lowest BCUT2D eigenvalue weighted by atomic mass is 10.1. The summed E-state index contributed by atoms with van der Waals surface area (Å²) in [4.78, 5) is 2.57. The predicted molar refractivity (Wildman–Crippen MR) is 113 cm³/mol. The van der Waals surface area contributed by atoms with E-state index in [0.29, 0.717) is 0 Å². The average Bonchev–Trinajstić information content (AvgIpc) is 2.89. The van der Waals surface area contributed by atoms with Gasteiger partial charge < -0.3 is 4.57 Å². The monoisotopic (exact) mass is 434 g/mol. The number of para-hydroxylation sites is 1. The van der Waals surface area contributed by atoms with Crippen LogP contribution in [-0.2, 0) is 6.54 Å². The second-order valence-corrected chi connectivity index (χ2v) is 8.89. The van der Waals surface area contributed by atoms with E-state index in [4.69, 9.17) is 11.6 Å². The second kappa shape index (κ2) is 7.36. The van der Waals surface area contributed by atoms with Gasteiger partial charge in [0, 0.05) is 52.4 Å². The molecule has 25 heavy (non-hydrogen) atoms. The summed E-state index contributed by atoms with van der Waals surface area (Å²) in [5, 5.41) is 2.04. The van der Waals surface area contributed by atoms with E-state index in [9.17, 15) is 0 Å². The van der Waals surface area contributed by atoms with Crippen molar-refractivity contribution in [1.29, 1.82) is 0 Å². The van der Waals surface area contributed by atoms with Crippen molar-refractivity contribution in [2.45, 2.75) is 13.5 Å². The van der Waals surface area contributed by atoms with Crippen LogP contribution in [0.25, 0.3) is 16.6 Å². The number of hydrogen-bond donors (Lipinski definition) is 0. The number of aromatic nitrogens is 1. The molecule has 2 aromatic carbocycles. The van der Waals surface area contributed by atoms with Gasteiger partial charge in [0.2, 0.25) is 0 Å². The number of nitrogens with zero attached hydrogens (tertiary/aromatic N) is 2. The summed E-state index contributed by atoms with van der Waals surface area (Å²) >= 11 is 12.1. The van der Waals surface area contributed by atoms with E-state index < -0.39 is 0 Å². The SMILES string of the molecule is Cc1c(CN2CCSCC2)c2cc(Br)c(Cl)cc2n1-c1ccccc1.